The molecule has 2 fully saturated rings. The van der Waals surface area contributed by atoms with Gasteiger partial charge in [-0.1, -0.05) is 11.6 Å². The molecule has 2 aromatic carbocycles. The van der Waals surface area contributed by atoms with Crippen LogP contribution in [-0.4, -0.2) is 62.4 Å². The van der Waals surface area contributed by atoms with Crippen molar-refractivity contribution in [1.29, 1.82) is 0 Å². The highest BCUT2D eigenvalue weighted by atomic mass is 35.5. The molecule has 2 unspecified atom stereocenters. The zero-order valence-corrected chi connectivity index (χ0v) is 20.6. The number of amides is 2. The number of anilines is 1. The molecular formula is C24H25ClN2O7S. The van der Waals surface area contributed by atoms with E-state index < -0.39 is 33.8 Å². The Kier molecular flexibility index (Phi) is 7.56. The number of esters is 1. The van der Waals surface area contributed by atoms with Crippen molar-refractivity contribution < 1.29 is 32.3 Å². The van der Waals surface area contributed by atoms with E-state index in [1.54, 1.807) is 6.92 Å². The Hall–Kier alpha value is -2.79. The lowest BCUT2D eigenvalue weighted by Gasteiger charge is -2.29. The van der Waals surface area contributed by atoms with Crippen molar-refractivity contribution in [2.45, 2.75) is 43.2 Å². The fraction of sp³-hybridized carbons (Fsp3) is 0.375. The summed E-state index contributed by atoms with van der Waals surface area (Å²) in [5, 5.41) is 0.374. The van der Waals surface area contributed by atoms with E-state index in [-0.39, 0.29) is 41.8 Å². The van der Waals surface area contributed by atoms with Crippen molar-refractivity contribution in [3.05, 3.63) is 59.1 Å². The van der Waals surface area contributed by atoms with Crippen LogP contribution in [0.25, 0.3) is 0 Å². The molecule has 9 nitrogen and oxygen atoms in total. The third-order valence-corrected chi connectivity index (χ3v) is 8.08. The van der Waals surface area contributed by atoms with Crippen molar-refractivity contribution >= 4 is 45.1 Å². The maximum absolute atomic E-state index is 13.6. The highest BCUT2D eigenvalue weighted by Crippen LogP contribution is 2.31. The normalized spacial score (nSPS) is 20.6. The molecule has 2 saturated heterocycles. The van der Waals surface area contributed by atoms with E-state index in [1.165, 1.54) is 48.5 Å². The van der Waals surface area contributed by atoms with Crippen LogP contribution in [0.2, 0.25) is 5.02 Å². The van der Waals surface area contributed by atoms with Gasteiger partial charge in [-0.05, 0) is 68.3 Å². The summed E-state index contributed by atoms with van der Waals surface area (Å²) in [6.07, 6.45) is 0.756. The summed E-state index contributed by atoms with van der Waals surface area (Å²) in [5.74, 6) is -1.71. The van der Waals surface area contributed by atoms with E-state index in [1.807, 2.05) is 0 Å². The summed E-state index contributed by atoms with van der Waals surface area (Å²) in [4.78, 5) is 39.2. The summed E-state index contributed by atoms with van der Waals surface area (Å²) in [7, 11) is -4.14. The van der Waals surface area contributed by atoms with E-state index in [2.05, 4.69) is 0 Å². The zero-order valence-electron chi connectivity index (χ0n) is 19.1. The van der Waals surface area contributed by atoms with Crippen LogP contribution >= 0.6 is 11.6 Å². The largest absolute Gasteiger partial charge is 0.462 e. The van der Waals surface area contributed by atoms with Gasteiger partial charge < -0.3 is 9.47 Å². The topological polar surface area (TPSA) is 110 Å². The summed E-state index contributed by atoms with van der Waals surface area (Å²) in [6.45, 7) is 2.36. The summed E-state index contributed by atoms with van der Waals surface area (Å²) in [6, 6.07) is 10.3. The molecule has 2 aliphatic heterocycles. The van der Waals surface area contributed by atoms with Crippen molar-refractivity contribution in [1.82, 2.24) is 4.31 Å². The first kappa shape index (κ1) is 25.3. The molecule has 0 spiro atoms. The van der Waals surface area contributed by atoms with Crippen LogP contribution in [0, 0.1) is 0 Å². The van der Waals surface area contributed by atoms with Gasteiger partial charge in [0.25, 0.3) is 5.91 Å². The quantitative estimate of drug-likeness (QED) is 0.388. The third kappa shape index (κ3) is 5.25. The van der Waals surface area contributed by atoms with Crippen molar-refractivity contribution in [3.8, 4) is 0 Å². The average molecular weight is 521 g/mol. The van der Waals surface area contributed by atoms with Gasteiger partial charge in [0, 0.05) is 18.2 Å². The van der Waals surface area contributed by atoms with Gasteiger partial charge >= 0.3 is 5.97 Å². The predicted octanol–water partition coefficient (Wildman–Crippen LogP) is 3.02. The Bertz CT molecular complexity index is 1210. The molecule has 11 heteroatoms. The molecule has 4 rings (SSSR count). The van der Waals surface area contributed by atoms with Gasteiger partial charge in [-0.3, -0.25) is 9.59 Å². The number of nitrogens with zero attached hydrogens (tertiary/aromatic N) is 2. The van der Waals surface area contributed by atoms with Gasteiger partial charge in [0.1, 0.15) is 6.04 Å². The standard InChI is InChI=1S/C24H25ClN2O7S/c1-2-33-24(30)16-5-9-18(10-6-16)27-22(28)14-21(23(27)29)26(15-19-4-3-13-34-19)35(31,32)20-11-7-17(25)8-12-20/h5-12,19,21H,2-4,13-15H2,1H3. The van der Waals surface area contributed by atoms with Gasteiger partial charge in [-0.25, -0.2) is 18.1 Å². The lowest BCUT2D eigenvalue weighted by molar-refractivity contribution is -0.122. The maximum Gasteiger partial charge on any atom is 0.338 e. The van der Waals surface area contributed by atoms with Crippen molar-refractivity contribution in [2.75, 3.05) is 24.7 Å². The van der Waals surface area contributed by atoms with Gasteiger partial charge in [-0.2, -0.15) is 4.31 Å². The number of sulfonamides is 1. The number of halogens is 1. The first-order chi connectivity index (χ1) is 16.7. The molecule has 0 bridgehead atoms. The Labute approximate surface area is 208 Å². The van der Waals surface area contributed by atoms with Gasteiger partial charge in [0.15, 0.2) is 0 Å². The Morgan fingerprint density at radius 3 is 2.43 bits per heavy atom. The van der Waals surface area contributed by atoms with E-state index in [0.717, 1.165) is 15.6 Å². The second-order valence-electron chi connectivity index (χ2n) is 8.22. The SMILES string of the molecule is CCOC(=O)c1ccc(N2C(=O)CC(N(CC3CCCO3)S(=O)(=O)c3ccc(Cl)cc3)C2=O)cc1. The lowest BCUT2D eigenvalue weighted by Crippen LogP contribution is -2.48. The second kappa shape index (κ2) is 10.4. The van der Waals surface area contributed by atoms with Crippen LogP contribution in [0.1, 0.15) is 36.5 Å². The maximum atomic E-state index is 13.6. The van der Waals surface area contributed by atoms with E-state index in [4.69, 9.17) is 21.1 Å². The van der Waals surface area contributed by atoms with Crippen LogP contribution in [0.5, 0.6) is 0 Å². The molecule has 2 aliphatic rings. The lowest BCUT2D eigenvalue weighted by atomic mass is 10.2. The van der Waals surface area contributed by atoms with E-state index in [9.17, 15) is 22.8 Å². The number of carbonyl (C=O) groups is 3. The molecule has 186 valence electrons. The number of benzene rings is 2. The Balaban J connectivity index is 1.64. The molecule has 2 amide bonds. The average Bonchev–Trinajstić information content (AvgIpc) is 3.45. The molecular weight excluding hydrogens is 496 g/mol. The van der Waals surface area contributed by atoms with Crippen LogP contribution in [-0.2, 0) is 29.1 Å². The number of rotatable bonds is 8. The molecule has 2 aromatic rings. The van der Waals surface area contributed by atoms with Crippen LogP contribution in [0.15, 0.2) is 53.4 Å². The molecule has 35 heavy (non-hydrogen) atoms. The molecule has 0 aromatic heterocycles. The highest BCUT2D eigenvalue weighted by molar-refractivity contribution is 7.89. The van der Waals surface area contributed by atoms with Gasteiger partial charge in [-0.15, -0.1) is 0 Å². The van der Waals surface area contributed by atoms with Crippen LogP contribution in [0.3, 0.4) is 0 Å². The minimum atomic E-state index is -4.14. The minimum Gasteiger partial charge on any atom is -0.462 e. The fourth-order valence-electron chi connectivity index (χ4n) is 4.20. The van der Waals surface area contributed by atoms with Crippen LogP contribution < -0.4 is 4.90 Å². The van der Waals surface area contributed by atoms with Crippen molar-refractivity contribution in [2.24, 2.45) is 0 Å². The number of imide groups is 1. The first-order valence-electron chi connectivity index (χ1n) is 11.3. The molecule has 0 aliphatic carbocycles. The molecule has 0 saturated carbocycles. The predicted molar refractivity (Wildman–Crippen MR) is 128 cm³/mol. The summed E-state index contributed by atoms with van der Waals surface area (Å²) >= 11 is 5.92. The van der Waals surface area contributed by atoms with E-state index >= 15 is 0 Å². The van der Waals surface area contributed by atoms with Crippen molar-refractivity contribution in [3.63, 3.8) is 0 Å². The fourth-order valence-corrected chi connectivity index (χ4v) is 5.94. The smallest absolute Gasteiger partial charge is 0.338 e. The number of ether oxygens (including phenoxy) is 2. The highest BCUT2D eigenvalue weighted by Gasteiger charge is 2.47. The number of hydrogen-bond acceptors (Lipinski definition) is 7. The number of hydrogen-bond donors (Lipinski definition) is 0. The van der Waals surface area contributed by atoms with Gasteiger partial charge in [0.05, 0.1) is 35.3 Å². The first-order valence-corrected chi connectivity index (χ1v) is 13.1. The van der Waals surface area contributed by atoms with Gasteiger partial charge in [0.2, 0.25) is 15.9 Å². The minimum absolute atomic E-state index is 0.0302. The zero-order chi connectivity index (χ0) is 25.2. The molecule has 2 heterocycles. The van der Waals surface area contributed by atoms with E-state index in [0.29, 0.717) is 18.1 Å². The second-order valence-corrected chi connectivity index (χ2v) is 10.5. The number of carbonyl (C=O) groups excluding carboxylic acids is 3. The third-order valence-electron chi connectivity index (χ3n) is 5.93. The summed E-state index contributed by atoms with van der Waals surface area (Å²) < 4.78 is 38.8. The Morgan fingerprint density at radius 1 is 1.14 bits per heavy atom. The molecule has 0 radical (unpaired) electrons. The monoisotopic (exact) mass is 520 g/mol. The molecule has 2 atom stereocenters. The summed E-state index contributed by atoms with van der Waals surface area (Å²) in [5.41, 5.74) is 0.521. The van der Waals surface area contributed by atoms with Crippen LogP contribution in [0.4, 0.5) is 5.69 Å². The molecule has 0 N–H and O–H groups in total. The Morgan fingerprint density at radius 2 is 1.83 bits per heavy atom.